The summed E-state index contributed by atoms with van der Waals surface area (Å²) in [5.74, 6) is 0.825. The Hall–Kier alpha value is -1.65. The van der Waals surface area contributed by atoms with E-state index in [1.165, 1.54) is 24.5 Å². The van der Waals surface area contributed by atoms with Crippen LogP contribution in [0.5, 0.6) is 0 Å². The number of hydrogen-bond donors (Lipinski definition) is 1. The van der Waals surface area contributed by atoms with Crippen LogP contribution in [-0.4, -0.2) is 18.0 Å². The fourth-order valence-electron chi connectivity index (χ4n) is 2.48. The Balaban J connectivity index is 1.56. The number of benzene rings is 1. The summed E-state index contributed by atoms with van der Waals surface area (Å²) in [6, 6.07) is 9.45. The lowest BCUT2D eigenvalue weighted by atomic mass is 10.2. The van der Waals surface area contributed by atoms with Crippen LogP contribution < -0.4 is 5.32 Å². The van der Waals surface area contributed by atoms with Gasteiger partial charge in [-0.1, -0.05) is 12.1 Å². The number of hydrogen-bond acceptors (Lipinski definition) is 3. The number of rotatable bonds is 7. The zero-order chi connectivity index (χ0) is 14.7. The highest BCUT2D eigenvalue weighted by atomic mass is 19.1. The van der Waals surface area contributed by atoms with Crippen molar-refractivity contribution in [1.29, 1.82) is 0 Å². The van der Waals surface area contributed by atoms with Gasteiger partial charge in [0.15, 0.2) is 0 Å². The molecule has 1 aliphatic rings. The number of furan rings is 1. The van der Waals surface area contributed by atoms with E-state index in [0.717, 1.165) is 31.0 Å². The maximum Gasteiger partial charge on any atom is 0.123 e. The first-order valence-corrected chi connectivity index (χ1v) is 7.42. The monoisotopic (exact) mass is 288 g/mol. The smallest absolute Gasteiger partial charge is 0.123 e. The molecule has 0 amide bonds. The van der Waals surface area contributed by atoms with Crippen molar-refractivity contribution in [2.45, 2.75) is 38.5 Å². The molecule has 1 heterocycles. The lowest BCUT2D eigenvalue weighted by molar-refractivity contribution is 0.314. The summed E-state index contributed by atoms with van der Waals surface area (Å²) in [6.07, 6.45) is 4.29. The maximum absolute atomic E-state index is 13.2. The maximum atomic E-state index is 13.2. The van der Waals surface area contributed by atoms with Crippen LogP contribution in [0.15, 0.2) is 41.0 Å². The van der Waals surface area contributed by atoms with Gasteiger partial charge in [-0.15, -0.1) is 0 Å². The first kappa shape index (κ1) is 14.3. The van der Waals surface area contributed by atoms with E-state index in [2.05, 4.69) is 10.2 Å². The molecule has 0 bridgehead atoms. The minimum atomic E-state index is -0.182. The van der Waals surface area contributed by atoms with Crippen LogP contribution in [0, 0.1) is 5.82 Å². The van der Waals surface area contributed by atoms with Gasteiger partial charge >= 0.3 is 0 Å². The zero-order valence-electron chi connectivity index (χ0n) is 12.3. The number of nitrogens with one attached hydrogen (secondary N) is 1. The molecule has 0 saturated heterocycles. The van der Waals surface area contributed by atoms with Crippen LogP contribution in [0.2, 0.25) is 0 Å². The van der Waals surface area contributed by atoms with Crippen molar-refractivity contribution in [3.05, 3.63) is 59.3 Å². The summed E-state index contributed by atoms with van der Waals surface area (Å²) in [5, 5.41) is 3.47. The standard InChI is InChI=1S/C17H21FN2O/c1-20(11-13-3-2-4-15(18)9-13)12-14-7-8-21-17(14)10-19-16-5-6-16/h2-4,7-9,16,19H,5-6,10-12H2,1H3. The molecule has 4 heteroatoms. The molecule has 3 rings (SSSR count). The molecule has 0 spiro atoms. The van der Waals surface area contributed by atoms with Crippen LogP contribution in [0.1, 0.15) is 29.7 Å². The van der Waals surface area contributed by atoms with Crippen molar-refractivity contribution in [3.63, 3.8) is 0 Å². The van der Waals surface area contributed by atoms with Gasteiger partial charge in [0, 0.05) is 24.7 Å². The van der Waals surface area contributed by atoms with E-state index < -0.39 is 0 Å². The average molecular weight is 288 g/mol. The fourth-order valence-corrected chi connectivity index (χ4v) is 2.48. The summed E-state index contributed by atoms with van der Waals surface area (Å²) in [4.78, 5) is 2.17. The molecule has 1 fully saturated rings. The number of halogens is 1. The van der Waals surface area contributed by atoms with Crippen LogP contribution >= 0.6 is 0 Å². The second-order valence-corrected chi connectivity index (χ2v) is 5.83. The largest absolute Gasteiger partial charge is 0.468 e. The van der Waals surface area contributed by atoms with E-state index in [1.807, 2.05) is 19.2 Å². The molecular formula is C17H21FN2O. The predicted octanol–water partition coefficient (Wildman–Crippen LogP) is 3.30. The van der Waals surface area contributed by atoms with Gasteiger partial charge in [0.1, 0.15) is 11.6 Å². The van der Waals surface area contributed by atoms with Crippen molar-refractivity contribution in [1.82, 2.24) is 10.2 Å². The lowest BCUT2D eigenvalue weighted by Crippen LogP contribution is -2.20. The van der Waals surface area contributed by atoms with E-state index in [0.29, 0.717) is 6.04 Å². The van der Waals surface area contributed by atoms with Crippen molar-refractivity contribution in [2.24, 2.45) is 0 Å². The van der Waals surface area contributed by atoms with Gasteiger partial charge < -0.3 is 9.73 Å². The fraction of sp³-hybridized carbons (Fsp3) is 0.412. The van der Waals surface area contributed by atoms with Gasteiger partial charge in [0.25, 0.3) is 0 Å². The van der Waals surface area contributed by atoms with E-state index in [9.17, 15) is 4.39 Å². The molecule has 0 atom stereocenters. The van der Waals surface area contributed by atoms with Gasteiger partial charge in [0.2, 0.25) is 0 Å². The summed E-state index contributed by atoms with van der Waals surface area (Å²) >= 11 is 0. The van der Waals surface area contributed by atoms with Crippen LogP contribution in [0.4, 0.5) is 4.39 Å². The Kier molecular flexibility index (Phi) is 4.36. The zero-order valence-corrected chi connectivity index (χ0v) is 12.3. The highest BCUT2D eigenvalue weighted by molar-refractivity contribution is 5.19. The summed E-state index contributed by atoms with van der Waals surface area (Å²) in [6.45, 7) is 2.31. The minimum Gasteiger partial charge on any atom is -0.468 e. The Morgan fingerprint density at radius 3 is 2.90 bits per heavy atom. The second-order valence-electron chi connectivity index (χ2n) is 5.83. The van der Waals surface area contributed by atoms with Gasteiger partial charge in [-0.25, -0.2) is 4.39 Å². The van der Waals surface area contributed by atoms with Gasteiger partial charge in [-0.2, -0.15) is 0 Å². The lowest BCUT2D eigenvalue weighted by Gasteiger charge is -2.16. The SMILES string of the molecule is CN(Cc1cccc(F)c1)Cc1ccoc1CNC1CC1. The highest BCUT2D eigenvalue weighted by Crippen LogP contribution is 2.21. The van der Waals surface area contributed by atoms with E-state index in [4.69, 9.17) is 4.42 Å². The molecule has 112 valence electrons. The minimum absolute atomic E-state index is 0.182. The van der Waals surface area contributed by atoms with Crippen molar-refractivity contribution in [2.75, 3.05) is 7.05 Å². The Labute approximate surface area is 124 Å². The molecule has 0 aliphatic heterocycles. The predicted molar refractivity (Wildman–Crippen MR) is 80.1 cm³/mol. The topological polar surface area (TPSA) is 28.4 Å². The molecule has 1 N–H and O–H groups in total. The summed E-state index contributed by atoms with van der Waals surface area (Å²) < 4.78 is 18.8. The highest BCUT2D eigenvalue weighted by Gasteiger charge is 2.21. The molecular weight excluding hydrogens is 267 g/mol. The molecule has 1 aliphatic carbocycles. The number of nitrogens with zero attached hydrogens (tertiary/aromatic N) is 1. The van der Waals surface area contributed by atoms with Crippen molar-refractivity contribution >= 4 is 0 Å². The second kappa shape index (κ2) is 6.41. The van der Waals surface area contributed by atoms with E-state index in [-0.39, 0.29) is 5.82 Å². The Bertz CT molecular complexity index is 592. The molecule has 0 radical (unpaired) electrons. The normalized spacial score (nSPS) is 14.8. The molecule has 1 aromatic heterocycles. The first-order valence-electron chi connectivity index (χ1n) is 7.42. The molecule has 21 heavy (non-hydrogen) atoms. The first-order chi connectivity index (χ1) is 10.2. The molecule has 1 saturated carbocycles. The molecule has 3 nitrogen and oxygen atoms in total. The third-order valence-corrected chi connectivity index (χ3v) is 3.75. The summed E-state index contributed by atoms with van der Waals surface area (Å²) in [7, 11) is 2.04. The quantitative estimate of drug-likeness (QED) is 0.847. The van der Waals surface area contributed by atoms with Crippen molar-refractivity contribution in [3.8, 4) is 0 Å². The van der Waals surface area contributed by atoms with Crippen LogP contribution in [0.3, 0.4) is 0 Å². The van der Waals surface area contributed by atoms with Gasteiger partial charge in [-0.05, 0) is 43.7 Å². The van der Waals surface area contributed by atoms with E-state index in [1.54, 1.807) is 18.4 Å². The van der Waals surface area contributed by atoms with E-state index >= 15 is 0 Å². The third-order valence-electron chi connectivity index (χ3n) is 3.75. The third kappa shape index (κ3) is 4.16. The van der Waals surface area contributed by atoms with Gasteiger partial charge in [-0.3, -0.25) is 4.90 Å². The molecule has 0 unspecified atom stereocenters. The molecule has 1 aromatic carbocycles. The van der Waals surface area contributed by atoms with Crippen LogP contribution in [-0.2, 0) is 19.6 Å². The summed E-state index contributed by atoms with van der Waals surface area (Å²) in [5.41, 5.74) is 2.18. The average Bonchev–Trinajstić information content (AvgIpc) is 3.17. The van der Waals surface area contributed by atoms with Crippen LogP contribution in [0.25, 0.3) is 0 Å². The van der Waals surface area contributed by atoms with Crippen molar-refractivity contribution < 1.29 is 8.81 Å². The Morgan fingerprint density at radius 2 is 2.14 bits per heavy atom. The Morgan fingerprint density at radius 1 is 1.29 bits per heavy atom. The van der Waals surface area contributed by atoms with Gasteiger partial charge in [0.05, 0.1) is 12.8 Å². The molecule has 2 aromatic rings.